The smallest absolute Gasteiger partial charge is 0.377 e. The van der Waals surface area contributed by atoms with Gasteiger partial charge in [0.2, 0.25) is 0 Å². The van der Waals surface area contributed by atoms with Gasteiger partial charge in [-0.05, 0) is 12.0 Å². The Bertz CT molecular complexity index is 393. The third kappa shape index (κ3) is 5.74. The van der Waals surface area contributed by atoms with E-state index in [1.54, 1.807) is 0 Å². The normalized spacial score (nSPS) is 11.4. The summed E-state index contributed by atoms with van der Waals surface area (Å²) in [7, 11) is 1.13. The number of benzene rings is 1. The van der Waals surface area contributed by atoms with E-state index in [0.717, 1.165) is 12.6 Å². The number of carbonyl (C=O) groups is 1. The number of hydrogen-bond acceptors (Lipinski definition) is 2. The second-order valence-electron chi connectivity index (χ2n) is 4.12. The number of ether oxygens (including phenoxy) is 1. The van der Waals surface area contributed by atoms with Crippen molar-refractivity contribution in [3.05, 3.63) is 35.9 Å². The van der Waals surface area contributed by atoms with Crippen LogP contribution in [-0.4, -0.2) is 37.2 Å². The standard InChI is InChI=1S/C13H16F3NO2/c1-17(12(18)13(14,15)16)8-5-9-19-10-11-6-3-2-4-7-11/h2-4,6-7H,5,8-10H2,1H3. The lowest BCUT2D eigenvalue weighted by atomic mass is 10.2. The molecule has 0 saturated carbocycles. The molecule has 3 nitrogen and oxygen atoms in total. The average Bonchev–Trinajstić information content (AvgIpc) is 2.37. The van der Waals surface area contributed by atoms with Crippen molar-refractivity contribution in [1.82, 2.24) is 4.90 Å². The van der Waals surface area contributed by atoms with Crippen LogP contribution in [0.4, 0.5) is 13.2 Å². The zero-order valence-corrected chi connectivity index (χ0v) is 10.6. The fourth-order valence-electron chi connectivity index (χ4n) is 1.49. The van der Waals surface area contributed by atoms with E-state index < -0.39 is 12.1 Å². The number of nitrogens with zero attached hydrogens (tertiary/aromatic N) is 1. The fourth-order valence-corrected chi connectivity index (χ4v) is 1.49. The van der Waals surface area contributed by atoms with E-state index in [4.69, 9.17) is 4.74 Å². The number of alkyl halides is 3. The van der Waals surface area contributed by atoms with Crippen LogP contribution in [-0.2, 0) is 16.1 Å². The predicted octanol–water partition coefficient (Wildman–Crippen LogP) is 2.61. The van der Waals surface area contributed by atoms with Crippen molar-refractivity contribution in [1.29, 1.82) is 0 Å². The summed E-state index contributed by atoms with van der Waals surface area (Å²) in [5.74, 6) is -1.82. The molecule has 1 rings (SSSR count). The molecule has 0 bridgehead atoms. The molecule has 106 valence electrons. The summed E-state index contributed by atoms with van der Waals surface area (Å²) in [5.41, 5.74) is 1.00. The zero-order chi connectivity index (χ0) is 14.3. The van der Waals surface area contributed by atoms with Crippen LogP contribution >= 0.6 is 0 Å². The number of hydrogen-bond donors (Lipinski definition) is 0. The highest BCUT2D eigenvalue weighted by atomic mass is 19.4. The van der Waals surface area contributed by atoms with E-state index in [-0.39, 0.29) is 6.54 Å². The second kappa shape index (κ2) is 7.13. The van der Waals surface area contributed by atoms with Crippen LogP contribution in [0.25, 0.3) is 0 Å². The van der Waals surface area contributed by atoms with Crippen molar-refractivity contribution in [3.8, 4) is 0 Å². The van der Waals surface area contributed by atoms with Gasteiger partial charge in [-0.3, -0.25) is 4.79 Å². The van der Waals surface area contributed by atoms with Crippen molar-refractivity contribution >= 4 is 5.91 Å². The fraction of sp³-hybridized carbons (Fsp3) is 0.462. The predicted molar refractivity (Wildman–Crippen MR) is 64.4 cm³/mol. The number of rotatable bonds is 6. The van der Waals surface area contributed by atoms with Gasteiger partial charge in [-0.1, -0.05) is 30.3 Å². The van der Waals surface area contributed by atoms with Crippen LogP contribution in [0.5, 0.6) is 0 Å². The Morgan fingerprint density at radius 1 is 1.26 bits per heavy atom. The highest BCUT2D eigenvalue weighted by Crippen LogP contribution is 2.17. The summed E-state index contributed by atoms with van der Waals surface area (Å²) >= 11 is 0. The van der Waals surface area contributed by atoms with Gasteiger partial charge in [0.25, 0.3) is 0 Å². The monoisotopic (exact) mass is 275 g/mol. The molecule has 0 aliphatic heterocycles. The Balaban J connectivity index is 2.16. The molecule has 0 spiro atoms. The van der Waals surface area contributed by atoms with E-state index in [2.05, 4.69) is 0 Å². The zero-order valence-electron chi connectivity index (χ0n) is 10.6. The maximum absolute atomic E-state index is 12.1. The maximum atomic E-state index is 12.1. The lowest BCUT2D eigenvalue weighted by molar-refractivity contribution is -0.184. The van der Waals surface area contributed by atoms with E-state index >= 15 is 0 Å². The molecule has 0 radical (unpaired) electrons. The first-order valence-corrected chi connectivity index (χ1v) is 5.85. The van der Waals surface area contributed by atoms with Gasteiger partial charge in [0, 0.05) is 20.2 Å². The van der Waals surface area contributed by atoms with E-state index in [1.165, 1.54) is 0 Å². The lowest BCUT2D eigenvalue weighted by Crippen LogP contribution is -2.39. The molecule has 1 amide bonds. The number of carbonyl (C=O) groups excluding carboxylic acids is 1. The highest BCUT2D eigenvalue weighted by Gasteiger charge is 2.40. The van der Waals surface area contributed by atoms with E-state index in [9.17, 15) is 18.0 Å². The highest BCUT2D eigenvalue weighted by molar-refractivity contribution is 5.81. The van der Waals surface area contributed by atoms with Crippen LogP contribution in [0.2, 0.25) is 0 Å². The van der Waals surface area contributed by atoms with Gasteiger partial charge in [0.15, 0.2) is 0 Å². The summed E-state index contributed by atoms with van der Waals surface area (Å²) < 4.78 is 41.5. The lowest BCUT2D eigenvalue weighted by Gasteiger charge is -2.18. The molecule has 6 heteroatoms. The molecule has 0 fully saturated rings. The largest absolute Gasteiger partial charge is 0.471 e. The first-order chi connectivity index (χ1) is 8.91. The van der Waals surface area contributed by atoms with Gasteiger partial charge in [-0.15, -0.1) is 0 Å². The van der Waals surface area contributed by atoms with Gasteiger partial charge < -0.3 is 9.64 Å². The first kappa shape index (κ1) is 15.5. The van der Waals surface area contributed by atoms with E-state index in [0.29, 0.717) is 24.5 Å². The van der Waals surface area contributed by atoms with Gasteiger partial charge in [0.05, 0.1) is 6.61 Å². The van der Waals surface area contributed by atoms with Crippen LogP contribution in [0.1, 0.15) is 12.0 Å². The van der Waals surface area contributed by atoms with Gasteiger partial charge in [-0.25, -0.2) is 0 Å². The van der Waals surface area contributed by atoms with Crippen LogP contribution in [0, 0.1) is 0 Å². The quantitative estimate of drug-likeness (QED) is 0.747. The molecule has 0 aromatic heterocycles. The summed E-state index contributed by atoms with van der Waals surface area (Å²) in [6.07, 6.45) is -4.44. The molecule has 0 aliphatic rings. The molecule has 0 atom stereocenters. The minimum atomic E-state index is -4.81. The van der Waals surface area contributed by atoms with Crippen molar-refractivity contribution in [2.45, 2.75) is 19.2 Å². The van der Waals surface area contributed by atoms with Crippen LogP contribution < -0.4 is 0 Å². The summed E-state index contributed by atoms with van der Waals surface area (Å²) in [4.78, 5) is 11.5. The Hall–Kier alpha value is -1.56. The summed E-state index contributed by atoms with van der Waals surface area (Å²) in [5, 5.41) is 0. The van der Waals surface area contributed by atoms with Gasteiger partial charge in [0.1, 0.15) is 0 Å². The minimum Gasteiger partial charge on any atom is -0.377 e. The van der Waals surface area contributed by atoms with Gasteiger partial charge in [-0.2, -0.15) is 13.2 Å². The van der Waals surface area contributed by atoms with E-state index in [1.807, 2.05) is 30.3 Å². The maximum Gasteiger partial charge on any atom is 0.471 e. The van der Waals surface area contributed by atoms with Crippen molar-refractivity contribution in [3.63, 3.8) is 0 Å². The molecule has 0 saturated heterocycles. The Morgan fingerprint density at radius 3 is 2.47 bits per heavy atom. The third-order valence-corrected chi connectivity index (χ3v) is 2.48. The summed E-state index contributed by atoms with van der Waals surface area (Å²) in [6.45, 7) is 0.745. The molecule has 0 aliphatic carbocycles. The molecule has 1 aromatic rings. The Kier molecular flexibility index (Phi) is 5.82. The van der Waals surface area contributed by atoms with Crippen molar-refractivity contribution in [2.75, 3.05) is 20.2 Å². The molecule has 1 aromatic carbocycles. The molecule has 19 heavy (non-hydrogen) atoms. The third-order valence-electron chi connectivity index (χ3n) is 2.48. The SMILES string of the molecule is CN(CCCOCc1ccccc1)C(=O)C(F)(F)F. The van der Waals surface area contributed by atoms with Crippen LogP contribution in [0.3, 0.4) is 0 Å². The van der Waals surface area contributed by atoms with Gasteiger partial charge >= 0.3 is 12.1 Å². The molecule has 0 heterocycles. The van der Waals surface area contributed by atoms with Crippen molar-refractivity contribution in [2.24, 2.45) is 0 Å². The second-order valence-corrected chi connectivity index (χ2v) is 4.12. The number of amides is 1. The van der Waals surface area contributed by atoms with Crippen molar-refractivity contribution < 1.29 is 22.7 Å². The Morgan fingerprint density at radius 2 is 1.89 bits per heavy atom. The Labute approximate surface area is 110 Å². The molecular formula is C13H16F3NO2. The topological polar surface area (TPSA) is 29.5 Å². The average molecular weight is 275 g/mol. The summed E-state index contributed by atoms with van der Waals surface area (Å²) in [6, 6.07) is 9.46. The first-order valence-electron chi connectivity index (χ1n) is 5.85. The van der Waals surface area contributed by atoms with Crippen LogP contribution in [0.15, 0.2) is 30.3 Å². The molecular weight excluding hydrogens is 259 g/mol. The number of halogens is 3. The molecule has 0 unspecified atom stereocenters. The minimum absolute atomic E-state index is 0.0210. The molecule has 0 N–H and O–H groups in total.